The summed E-state index contributed by atoms with van der Waals surface area (Å²) in [6.07, 6.45) is 2.70. The van der Waals surface area contributed by atoms with E-state index in [1.165, 1.54) is 0 Å². The van der Waals surface area contributed by atoms with Crippen molar-refractivity contribution in [2.75, 3.05) is 19.6 Å². The molecule has 1 amide bonds. The van der Waals surface area contributed by atoms with E-state index in [9.17, 15) is 9.90 Å². The minimum absolute atomic E-state index is 0.0240. The van der Waals surface area contributed by atoms with Crippen LogP contribution in [0.15, 0.2) is 0 Å². The number of rotatable bonds is 1. The molecule has 2 N–H and O–H groups in total. The predicted molar refractivity (Wildman–Crippen MR) is 57.4 cm³/mol. The predicted octanol–water partition coefficient (Wildman–Crippen LogP) is -0.0323. The third kappa shape index (κ3) is 2.32. The maximum absolute atomic E-state index is 12.1. The Morgan fingerprint density at radius 2 is 2.27 bits per heavy atom. The van der Waals surface area contributed by atoms with Gasteiger partial charge in [-0.1, -0.05) is 6.92 Å². The number of amides is 1. The van der Waals surface area contributed by atoms with Gasteiger partial charge in [0.2, 0.25) is 5.91 Å². The highest BCUT2D eigenvalue weighted by atomic mass is 16.3. The molecule has 2 heterocycles. The Morgan fingerprint density at radius 1 is 1.47 bits per heavy atom. The standard InChI is InChI=1S/C11H20N2O2/c1-8-3-2-5-12-10(8)11(15)13-6-4-9(14)7-13/h8-10,12,14H,2-7H2,1H3/t8?,9-,10?/m0/s1. The number of carbonyl (C=O) groups excluding carboxylic acids is 1. The molecular formula is C11H20N2O2. The van der Waals surface area contributed by atoms with E-state index in [-0.39, 0.29) is 18.1 Å². The number of likely N-dealkylation sites (tertiary alicyclic amines) is 1. The highest BCUT2D eigenvalue weighted by Crippen LogP contribution is 2.19. The zero-order valence-electron chi connectivity index (χ0n) is 9.28. The van der Waals surface area contributed by atoms with Crippen molar-refractivity contribution in [1.82, 2.24) is 10.2 Å². The van der Waals surface area contributed by atoms with Gasteiger partial charge in [0.1, 0.15) is 0 Å². The third-order valence-corrected chi connectivity index (χ3v) is 3.51. The lowest BCUT2D eigenvalue weighted by molar-refractivity contribution is -0.134. The van der Waals surface area contributed by atoms with Gasteiger partial charge in [0, 0.05) is 13.1 Å². The van der Waals surface area contributed by atoms with E-state index in [1.807, 2.05) is 0 Å². The number of aliphatic hydroxyl groups excluding tert-OH is 1. The first-order valence-electron chi connectivity index (χ1n) is 5.88. The van der Waals surface area contributed by atoms with E-state index in [0.717, 1.165) is 25.8 Å². The van der Waals surface area contributed by atoms with Crippen LogP contribution in [0.25, 0.3) is 0 Å². The lowest BCUT2D eigenvalue weighted by Crippen LogP contribution is -2.51. The number of hydrogen-bond acceptors (Lipinski definition) is 3. The van der Waals surface area contributed by atoms with Gasteiger partial charge in [0.25, 0.3) is 0 Å². The number of nitrogens with one attached hydrogen (secondary N) is 1. The zero-order chi connectivity index (χ0) is 10.8. The summed E-state index contributed by atoms with van der Waals surface area (Å²) < 4.78 is 0. The minimum Gasteiger partial charge on any atom is -0.391 e. The van der Waals surface area contributed by atoms with Gasteiger partial charge >= 0.3 is 0 Å². The molecule has 0 aromatic carbocycles. The summed E-state index contributed by atoms with van der Waals surface area (Å²) in [5, 5.41) is 12.7. The summed E-state index contributed by atoms with van der Waals surface area (Å²) in [6.45, 7) is 4.30. The molecule has 86 valence electrons. The highest BCUT2D eigenvalue weighted by Gasteiger charge is 2.33. The molecule has 15 heavy (non-hydrogen) atoms. The number of hydrogen-bond donors (Lipinski definition) is 2. The summed E-state index contributed by atoms with van der Waals surface area (Å²) in [5.74, 6) is 0.600. The Bertz CT molecular complexity index is 245. The van der Waals surface area contributed by atoms with Gasteiger partial charge in [-0.15, -0.1) is 0 Å². The summed E-state index contributed by atoms with van der Waals surface area (Å²) in [6, 6.07) is -0.0240. The first kappa shape index (κ1) is 10.9. The Balaban J connectivity index is 1.94. The van der Waals surface area contributed by atoms with E-state index < -0.39 is 0 Å². The number of β-amino-alcohol motifs (C(OH)–C–C–N with tert-alkyl or cyclic N) is 1. The second-order valence-corrected chi connectivity index (χ2v) is 4.78. The van der Waals surface area contributed by atoms with Crippen LogP contribution in [0.2, 0.25) is 0 Å². The van der Waals surface area contributed by atoms with Crippen molar-refractivity contribution in [2.24, 2.45) is 5.92 Å². The third-order valence-electron chi connectivity index (χ3n) is 3.51. The SMILES string of the molecule is CC1CCCNC1C(=O)N1CC[C@H](O)C1. The van der Waals surface area contributed by atoms with Gasteiger partial charge in [-0.3, -0.25) is 4.79 Å². The average Bonchev–Trinajstić information content (AvgIpc) is 2.65. The van der Waals surface area contributed by atoms with Crippen molar-refractivity contribution in [3.63, 3.8) is 0 Å². The highest BCUT2D eigenvalue weighted by molar-refractivity contribution is 5.82. The molecule has 0 aliphatic carbocycles. The van der Waals surface area contributed by atoms with Gasteiger partial charge in [-0.05, 0) is 31.7 Å². The van der Waals surface area contributed by atoms with Crippen molar-refractivity contribution < 1.29 is 9.90 Å². The smallest absolute Gasteiger partial charge is 0.240 e. The van der Waals surface area contributed by atoms with Crippen molar-refractivity contribution in [3.8, 4) is 0 Å². The molecule has 0 spiro atoms. The normalized spacial score (nSPS) is 36.9. The average molecular weight is 212 g/mol. The molecule has 3 atom stereocenters. The van der Waals surface area contributed by atoms with Crippen molar-refractivity contribution >= 4 is 5.91 Å². The number of carbonyl (C=O) groups is 1. The summed E-state index contributed by atoms with van der Waals surface area (Å²) in [7, 11) is 0. The Morgan fingerprint density at radius 3 is 2.87 bits per heavy atom. The van der Waals surface area contributed by atoms with Crippen LogP contribution in [-0.4, -0.2) is 47.7 Å². The molecule has 2 aliphatic rings. The second kappa shape index (κ2) is 4.49. The van der Waals surface area contributed by atoms with Crippen LogP contribution < -0.4 is 5.32 Å². The Labute approximate surface area is 90.6 Å². The topological polar surface area (TPSA) is 52.6 Å². The Hall–Kier alpha value is -0.610. The molecular weight excluding hydrogens is 192 g/mol. The fraction of sp³-hybridized carbons (Fsp3) is 0.909. The maximum atomic E-state index is 12.1. The van der Waals surface area contributed by atoms with Gasteiger partial charge in [0.05, 0.1) is 12.1 Å². The zero-order valence-corrected chi connectivity index (χ0v) is 9.28. The van der Waals surface area contributed by atoms with Crippen LogP contribution >= 0.6 is 0 Å². The molecule has 2 saturated heterocycles. The van der Waals surface area contributed by atoms with E-state index in [0.29, 0.717) is 19.0 Å². The minimum atomic E-state index is -0.312. The second-order valence-electron chi connectivity index (χ2n) is 4.78. The van der Waals surface area contributed by atoms with Crippen molar-refractivity contribution in [3.05, 3.63) is 0 Å². The number of piperidine rings is 1. The van der Waals surface area contributed by atoms with Crippen molar-refractivity contribution in [2.45, 2.75) is 38.3 Å². The molecule has 2 unspecified atom stereocenters. The summed E-state index contributed by atoms with van der Waals surface area (Å²) in [5.41, 5.74) is 0. The van der Waals surface area contributed by atoms with Gasteiger partial charge in [-0.25, -0.2) is 0 Å². The lowest BCUT2D eigenvalue weighted by Gasteiger charge is -2.32. The van der Waals surface area contributed by atoms with Crippen LogP contribution in [0.5, 0.6) is 0 Å². The molecule has 0 saturated carbocycles. The molecule has 0 bridgehead atoms. The fourth-order valence-electron chi connectivity index (χ4n) is 2.52. The Kier molecular flexibility index (Phi) is 3.26. The maximum Gasteiger partial charge on any atom is 0.240 e. The van der Waals surface area contributed by atoms with Crippen molar-refractivity contribution in [1.29, 1.82) is 0 Å². The fourth-order valence-corrected chi connectivity index (χ4v) is 2.52. The molecule has 4 nitrogen and oxygen atoms in total. The quantitative estimate of drug-likeness (QED) is 0.641. The van der Waals surface area contributed by atoms with Crippen LogP contribution in [0.3, 0.4) is 0 Å². The van der Waals surface area contributed by atoms with E-state index in [1.54, 1.807) is 4.90 Å². The van der Waals surface area contributed by atoms with Crippen LogP contribution in [-0.2, 0) is 4.79 Å². The molecule has 0 aromatic rings. The summed E-state index contributed by atoms with van der Waals surface area (Å²) >= 11 is 0. The van der Waals surface area contributed by atoms with Crippen LogP contribution in [0, 0.1) is 5.92 Å². The number of aliphatic hydroxyl groups is 1. The van der Waals surface area contributed by atoms with Gasteiger partial charge in [-0.2, -0.15) is 0 Å². The summed E-state index contributed by atoms with van der Waals surface area (Å²) in [4.78, 5) is 13.9. The largest absolute Gasteiger partial charge is 0.391 e. The molecule has 4 heteroatoms. The molecule has 2 aliphatic heterocycles. The first-order valence-corrected chi connectivity index (χ1v) is 5.88. The van der Waals surface area contributed by atoms with Crippen LogP contribution in [0.4, 0.5) is 0 Å². The molecule has 0 aromatic heterocycles. The lowest BCUT2D eigenvalue weighted by atomic mass is 9.92. The monoisotopic (exact) mass is 212 g/mol. The van der Waals surface area contributed by atoms with E-state index in [2.05, 4.69) is 12.2 Å². The van der Waals surface area contributed by atoms with Gasteiger partial charge in [0.15, 0.2) is 0 Å². The molecule has 2 fully saturated rings. The van der Waals surface area contributed by atoms with E-state index in [4.69, 9.17) is 0 Å². The van der Waals surface area contributed by atoms with E-state index >= 15 is 0 Å². The number of nitrogens with zero attached hydrogens (tertiary/aromatic N) is 1. The van der Waals surface area contributed by atoms with Crippen LogP contribution in [0.1, 0.15) is 26.2 Å². The molecule has 0 radical (unpaired) electrons. The van der Waals surface area contributed by atoms with Gasteiger partial charge < -0.3 is 15.3 Å². The first-order chi connectivity index (χ1) is 7.18. The molecule has 2 rings (SSSR count).